The topological polar surface area (TPSA) is 84.2 Å². The van der Waals surface area contributed by atoms with Crippen molar-refractivity contribution in [1.82, 2.24) is 4.72 Å². The number of para-hydroxylation sites is 1. The minimum Gasteiger partial charge on any atom is -0.323 e. The Morgan fingerprint density at radius 3 is 2.76 bits per heavy atom. The third kappa shape index (κ3) is 2.92. The zero-order chi connectivity index (χ0) is 12.3. The Bertz CT molecular complexity index is 484. The molecule has 1 aromatic rings. The molecular formula is C10H15N3O2S2. The quantitative estimate of drug-likeness (QED) is 0.557. The summed E-state index contributed by atoms with van der Waals surface area (Å²) < 4.78 is 27.0. The Kier molecular flexibility index (Phi) is 3.93. The van der Waals surface area contributed by atoms with E-state index in [2.05, 4.69) is 10.1 Å². The second-order valence-corrected chi connectivity index (χ2v) is 6.65. The van der Waals surface area contributed by atoms with Crippen LogP contribution >= 0.6 is 11.8 Å². The highest BCUT2D eigenvalue weighted by Gasteiger charge is 2.24. The van der Waals surface area contributed by atoms with Crippen molar-refractivity contribution < 1.29 is 8.42 Å². The lowest BCUT2D eigenvalue weighted by Crippen LogP contribution is -2.35. The second-order valence-electron chi connectivity index (χ2n) is 3.82. The molecule has 1 aromatic carbocycles. The van der Waals surface area contributed by atoms with Crippen LogP contribution in [0.3, 0.4) is 0 Å². The lowest BCUT2D eigenvalue weighted by Gasteiger charge is -2.14. The van der Waals surface area contributed by atoms with Crippen LogP contribution in [0.2, 0.25) is 0 Å². The summed E-state index contributed by atoms with van der Waals surface area (Å²) in [5, 5.41) is 0. The highest BCUT2D eigenvalue weighted by molar-refractivity contribution is 7.99. The molecule has 0 aromatic heterocycles. The molecule has 1 heterocycles. The first-order valence-corrected chi connectivity index (χ1v) is 7.93. The molecule has 1 fully saturated rings. The summed E-state index contributed by atoms with van der Waals surface area (Å²) >= 11 is 1.76. The molecule has 7 heteroatoms. The summed E-state index contributed by atoms with van der Waals surface area (Å²) in [6, 6.07) is 6.62. The van der Waals surface area contributed by atoms with E-state index in [0.29, 0.717) is 5.69 Å². The smallest absolute Gasteiger partial charge is 0.242 e. The van der Waals surface area contributed by atoms with Crippen LogP contribution in [0.15, 0.2) is 29.2 Å². The molecule has 0 saturated carbocycles. The van der Waals surface area contributed by atoms with Gasteiger partial charge >= 0.3 is 0 Å². The molecule has 1 atom stereocenters. The van der Waals surface area contributed by atoms with Crippen LogP contribution in [-0.2, 0) is 10.0 Å². The van der Waals surface area contributed by atoms with Crippen molar-refractivity contribution in [3.05, 3.63) is 24.3 Å². The van der Waals surface area contributed by atoms with Crippen molar-refractivity contribution in [1.29, 1.82) is 0 Å². The maximum Gasteiger partial charge on any atom is 0.242 e. The summed E-state index contributed by atoms with van der Waals surface area (Å²) in [6.45, 7) is 0. The molecule has 0 spiro atoms. The number of thioether (sulfide) groups is 1. The van der Waals surface area contributed by atoms with Crippen LogP contribution in [0.4, 0.5) is 5.69 Å². The van der Waals surface area contributed by atoms with E-state index in [1.165, 1.54) is 0 Å². The number of rotatable bonds is 4. The molecule has 0 radical (unpaired) electrons. The predicted octanol–water partition coefficient (Wildman–Crippen LogP) is 0.756. The van der Waals surface area contributed by atoms with Crippen LogP contribution in [0.1, 0.15) is 6.42 Å². The van der Waals surface area contributed by atoms with Crippen molar-refractivity contribution >= 4 is 27.5 Å². The van der Waals surface area contributed by atoms with Crippen molar-refractivity contribution in [2.75, 3.05) is 16.9 Å². The van der Waals surface area contributed by atoms with Gasteiger partial charge in [-0.25, -0.2) is 13.1 Å². The molecule has 4 N–H and O–H groups in total. The van der Waals surface area contributed by atoms with Gasteiger partial charge in [-0.15, -0.1) is 0 Å². The number of sulfonamides is 1. The Hall–Kier alpha value is -0.760. The monoisotopic (exact) mass is 273 g/mol. The number of benzene rings is 1. The van der Waals surface area contributed by atoms with E-state index in [1.54, 1.807) is 36.0 Å². The van der Waals surface area contributed by atoms with Gasteiger partial charge in [0.05, 0.1) is 5.69 Å². The number of hydrogen-bond acceptors (Lipinski definition) is 5. The number of anilines is 1. The molecule has 1 unspecified atom stereocenters. The normalized spacial score (nSPS) is 20.4. The first-order chi connectivity index (χ1) is 8.13. The third-order valence-electron chi connectivity index (χ3n) is 2.58. The molecule has 0 bridgehead atoms. The molecule has 5 nitrogen and oxygen atoms in total. The van der Waals surface area contributed by atoms with Gasteiger partial charge in [-0.1, -0.05) is 12.1 Å². The minimum atomic E-state index is -3.49. The van der Waals surface area contributed by atoms with Gasteiger partial charge < -0.3 is 5.43 Å². The fraction of sp³-hybridized carbons (Fsp3) is 0.400. The van der Waals surface area contributed by atoms with Crippen LogP contribution in [-0.4, -0.2) is 26.0 Å². The van der Waals surface area contributed by atoms with Gasteiger partial charge in [-0.2, -0.15) is 11.8 Å². The predicted molar refractivity (Wildman–Crippen MR) is 70.3 cm³/mol. The highest BCUT2D eigenvalue weighted by Crippen LogP contribution is 2.23. The van der Waals surface area contributed by atoms with E-state index in [9.17, 15) is 8.42 Å². The molecule has 2 rings (SSSR count). The Morgan fingerprint density at radius 1 is 1.35 bits per heavy atom. The Labute approximate surface area is 105 Å². The summed E-state index contributed by atoms with van der Waals surface area (Å²) in [5.74, 6) is 7.14. The lowest BCUT2D eigenvalue weighted by atomic mass is 10.3. The first kappa shape index (κ1) is 12.7. The Balaban J connectivity index is 2.24. The first-order valence-electron chi connectivity index (χ1n) is 5.29. The van der Waals surface area contributed by atoms with Crippen LogP contribution < -0.4 is 16.0 Å². The van der Waals surface area contributed by atoms with Gasteiger partial charge in [0.15, 0.2) is 0 Å². The average molecular weight is 273 g/mol. The van der Waals surface area contributed by atoms with E-state index in [-0.39, 0.29) is 10.9 Å². The van der Waals surface area contributed by atoms with Crippen LogP contribution in [0.5, 0.6) is 0 Å². The third-order valence-corrected chi connectivity index (χ3v) is 5.32. The number of nitrogen functional groups attached to an aromatic ring is 1. The molecule has 1 saturated heterocycles. The van der Waals surface area contributed by atoms with Crippen molar-refractivity contribution in [2.24, 2.45) is 5.84 Å². The van der Waals surface area contributed by atoms with E-state index < -0.39 is 10.0 Å². The van der Waals surface area contributed by atoms with E-state index in [0.717, 1.165) is 17.9 Å². The highest BCUT2D eigenvalue weighted by atomic mass is 32.2. The fourth-order valence-electron chi connectivity index (χ4n) is 1.73. The van der Waals surface area contributed by atoms with Crippen molar-refractivity contribution in [3.63, 3.8) is 0 Å². The summed E-state index contributed by atoms with van der Waals surface area (Å²) in [7, 11) is -3.49. The van der Waals surface area contributed by atoms with Gasteiger partial charge in [0, 0.05) is 11.8 Å². The van der Waals surface area contributed by atoms with E-state index in [1.807, 2.05) is 0 Å². The number of hydrazine groups is 1. The van der Waals surface area contributed by atoms with Gasteiger partial charge in [-0.3, -0.25) is 5.84 Å². The molecule has 0 aliphatic carbocycles. The van der Waals surface area contributed by atoms with Gasteiger partial charge in [0.2, 0.25) is 10.0 Å². The number of nitrogens with one attached hydrogen (secondary N) is 2. The maximum atomic E-state index is 12.2. The largest absolute Gasteiger partial charge is 0.323 e. The number of hydrogen-bond donors (Lipinski definition) is 3. The lowest BCUT2D eigenvalue weighted by molar-refractivity contribution is 0.563. The zero-order valence-corrected chi connectivity index (χ0v) is 10.9. The zero-order valence-electron chi connectivity index (χ0n) is 9.22. The molecule has 94 valence electrons. The Morgan fingerprint density at radius 2 is 2.12 bits per heavy atom. The van der Waals surface area contributed by atoms with E-state index in [4.69, 9.17) is 5.84 Å². The van der Waals surface area contributed by atoms with Gasteiger partial charge in [-0.05, 0) is 24.3 Å². The standard InChI is InChI=1S/C10H15N3O2S2/c11-12-9-3-1-2-4-10(9)17(14,15)13-8-5-6-16-7-8/h1-4,8,12-13H,5-7,11H2. The van der Waals surface area contributed by atoms with Gasteiger partial charge in [0.1, 0.15) is 4.90 Å². The molecule has 1 aliphatic rings. The van der Waals surface area contributed by atoms with Gasteiger partial charge in [0.25, 0.3) is 0 Å². The summed E-state index contributed by atoms with van der Waals surface area (Å²) in [4.78, 5) is 0.194. The van der Waals surface area contributed by atoms with Crippen molar-refractivity contribution in [3.8, 4) is 0 Å². The maximum absolute atomic E-state index is 12.2. The average Bonchev–Trinajstić information content (AvgIpc) is 2.81. The summed E-state index contributed by atoms with van der Waals surface area (Å²) in [6.07, 6.45) is 0.877. The van der Waals surface area contributed by atoms with Crippen LogP contribution in [0.25, 0.3) is 0 Å². The van der Waals surface area contributed by atoms with Crippen molar-refractivity contribution in [2.45, 2.75) is 17.4 Å². The second kappa shape index (κ2) is 5.26. The number of nitrogens with two attached hydrogens (primary N) is 1. The van der Waals surface area contributed by atoms with E-state index >= 15 is 0 Å². The fourth-order valence-corrected chi connectivity index (χ4v) is 4.43. The molecule has 1 aliphatic heterocycles. The van der Waals surface area contributed by atoms with Crippen LogP contribution in [0, 0.1) is 0 Å². The minimum absolute atomic E-state index is 0.0239. The molecule has 17 heavy (non-hydrogen) atoms. The molecular weight excluding hydrogens is 258 g/mol. The summed E-state index contributed by atoms with van der Waals surface area (Å²) in [5.41, 5.74) is 2.81. The SMILES string of the molecule is NNc1ccccc1S(=O)(=O)NC1CCSC1. The molecule has 0 amide bonds.